The zero-order valence-electron chi connectivity index (χ0n) is 21.9. The van der Waals surface area contributed by atoms with E-state index in [9.17, 15) is 13.2 Å². The first-order chi connectivity index (χ1) is 18.1. The van der Waals surface area contributed by atoms with Crippen LogP contribution in [0.2, 0.25) is 0 Å². The monoisotopic (exact) mass is 553 g/mol. The van der Waals surface area contributed by atoms with Gasteiger partial charge in [0.25, 0.3) is 5.56 Å². The number of sulfonamides is 1. The van der Waals surface area contributed by atoms with E-state index in [1.807, 2.05) is 50.4 Å². The molecular weight excluding hydrogens is 522 g/mol. The number of rotatable bonds is 7. The van der Waals surface area contributed by atoms with Crippen molar-refractivity contribution in [3.05, 3.63) is 76.0 Å². The lowest BCUT2D eigenvalue weighted by Crippen LogP contribution is -2.52. The molecule has 5 rings (SSSR count). The number of hydrogen-bond donors (Lipinski definition) is 0. The lowest BCUT2D eigenvalue weighted by Gasteiger charge is -2.38. The number of hydrogen-bond acceptors (Lipinski definition) is 8. The second-order valence-corrected chi connectivity index (χ2v) is 12.9. The molecule has 1 fully saturated rings. The standard InChI is InChI=1S/C27H31N5O4S2/c1-18-15-32(38(4,34)35)10-9-31(18)16-22-12-23-26(37-22)24(17-30(3)27(23)33)20-11-21(14-28-13-20)36-19(2)25-7-5-6-8-29-25/h5-8,11-14,17-19H,9-10,15-16H2,1-4H3/t18-,19?/m1/s1. The lowest BCUT2D eigenvalue weighted by atomic mass is 10.1. The van der Waals surface area contributed by atoms with Gasteiger partial charge in [-0.15, -0.1) is 11.3 Å². The molecule has 0 spiro atoms. The van der Waals surface area contributed by atoms with E-state index in [0.29, 0.717) is 37.3 Å². The zero-order chi connectivity index (χ0) is 27.0. The van der Waals surface area contributed by atoms with Crippen LogP contribution in [0.3, 0.4) is 0 Å². The van der Waals surface area contributed by atoms with Gasteiger partial charge in [0.05, 0.1) is 23.5 Å². The van der Waals surface area contributed by atoms with Gasteiger partial charge in [0.1, 0.15) is 11.9 Å². The summed E-state index contributed by atoms with van der Waals surface area (Å²) in [5.74, 6) is 0.622. The van der Waals surface area contributed by atoms with Gasteiger partial charge in [-0.2, -0.15) is 4.31 Å². The average molecular weight is 554 g/mol. The molecule has 0 saturated carbocycles. The second-order valence-electron chi connectivity index (χ2n) is 9.78. The van der Waals surface area contributed by atoms with Crippen molar-refractivity contribution in [1.82, 2.24) is 23.7 Å². The van der Waals surface area contributed by atoms with Gasteiger partial charge in [0, 0.05) is 78.6 Å². The summed E-state index contributed by atoms with van der Waals surface area (Å²) in [5.41, 5.74) is 2.55. The highest BCUT2D eigenvalue weighted by Gasteiger charge is 2.29. The molecule has 1 saturated heterocycles. The zero-order valence-corrected chi connectivity index (χ0v) is 23.5. The van der Waals surface area contributed by atoms with Crippen molar-refractivity contribution in [1.29, 1.82) is 0 Å². The summed E-state index contributed by atoms with van der Waals surface area (Å²) < 4.78 is 34.1. The van der Waals surface area contributed by atoms with Gasteiger partial charge in [0.15, 0.2) is 0 Å². The molecule has 5 heterocycles. The molecular formula is C27H31N5O4S2. The maximum absolute atomic E-state index is 13.0. The van der Waals surface area contributed by atoms with Gasteiger partial charge in [-0.1, -0.05) is 6.07 Å². The predicted octanol–water partition coefficient (Wildman–Crippen LogP) is 3.66. The third-order valence-corrected chi connectivity index (χ3v) is 9.32. The van der Waals surface area contributed by atoms with Crippen molar-refractivity contribution in [2.24, 2.45) is 7.05 Å². The Kier molecular flexibility index (Phi) is 7.36. The third kappa shape index (κ3) is 5.51. The van der Waals surface area contributed by atoms with Gasteiger partial charge in [-0.3, -0.25) is 19.7 Å². The van der Waals surface area contributed by atoms with Gasteiger partial charge < -0.3 is 9.30 Å². The van der Waals surface area contributed by atoms with E-state index in [1.165, 1.54) is 10.6 Å². The van der Waals surface area contributed by atoms with Crippen molar-refractivity contribution >= 4 is 31.4 Å². The van der Waals surface area contributed by atoms with Gasteiger partial charge in [-0.05, 0) is 38.1 Å². The minimum absolute atomic E-state index is 0.0506. The van der Waals surface area contributed by atoms with Crippen molar-refractivity contribution in [3.63, 3.8) is 0 Å². The molecule has 200 valence electrons. The first kappa shape index (κ1) is 26.5. The van der Waals surface area contributed by atoms with Crippen molar-refractivity contribution in [2.75, 3.05) is 25.9 Å². The fourth-order valence-electron chi connectivity index (χ4n) is 4.80. The molecule has 2 atom stereocenters. The van der Waals surface area contributed by atoms with Crippen LogP contribution in [0.25, 0.3) is 21.2 Å². The molecule has 4 aromatic heterocycles. The van der Waals surface area contributed by atoms with Crippen LogP contribution in [0.5, 0.6) is 5.75 Å². The summed E-state index contributed by atoms with van der Waals surface area (Å²) in [7, 11) is -1.45. The van der Waals surface area contributed by atoms with E-state index >= 15 is 0 Å². The maximum atomic E-state index is 13.0. The van der Waals surface area contributed by atoms with Crippen LogP contribution >= 0.6 is 11.3 Å². The van der Waals surface area contributed by atoms with Crippen LogP contribution in [-0.4, -0.2) is 64.1 Å². The quantitative estimate of drug-likeness (QED) is 0.345. The number of aryl methyl sites for hydroxylation is 1. The Labute approximate surface area is 226 Å². The number of ether oxygens (including phenoxy) is 1. The third-order valence-electron chi connectivity index (χ3n) is 6.90. The van der Waals surface area contributed by atoms with Crippen LogP contribution in [0, 0.1) is 0 Å². The summed E-state index contributed by atoms with van der Waals surface area (Å²) in [6, 6.07) is 9.71. The first-order valence-corrected chi connectivity index (χ1v) is 15.1. The summed E-state index contributed by atoms with van der Waals surface area (Å²) in [4.78, 5) is 25.2. The molecule has 38 heavy (non-hydrogen) atoms. The number of nitrogens with zero attached hydrogens (tertiary/aromatic N) is 5. The van der Waals surface area contributed by atoms with Crippen LogP contribution in [-0.2, 0) is 23.6 Å². The Morgan fingerprint density at radius 2 is 2.03 bits per heavy atom. The van der Waals surface area contributed by atoms with Crippen molar-refractivity contribution in [3.8, 4) is 16.9 Å². The normalized spacial score (nSPS) is 18.1. The fourth-order valence-corrected chi connectivity index (χ4v) is 6.90. The van der Waals surface area contributed by atoms with Gasteiger partial charge >= 0.3 is 0 Å². The Morgan fingerprint density at radius 3 is 2.74 bits per heavy atom. The summed E-state index contributed by atoms with van der Waals surface area (Å²) in [5, 5.41) is 0.667. The molecule has 0 aliphatic carbocycles. The van der Waals surface area contributed by atoms with Crippen LogP contribution < -0.4 is 10.3 Å². The predicted molar refractivity (Wildman–Crippen MR) is 150 cm³/mol. The van der Waals surface area contributed by atoms with Gasteiger partial charge in [0.2, 0.25) is 10.0 Å². The fraction of sp³-hybridized carbons (Fsp3) is 0.370. The molecule has 0 radical (unpaired) electrons. The molecule has 1 aliphatic heterocycles. The lowest BCUT2D eigenvalue weighted by molar-refractivity contribution is 0.123. The smallest absolute Gasteiger partial charge is 0.259 e. The minimum atomic E-state index is -3.20. The summed E-state index contributed by atoms with van der Waals surface area (Å²) in [6.45, 7) is 6.22. The Morgan fingerprint density at radius 1 is 1.21 bits per heavy atom. The Bertz CT molecular complexity index is 1620. The average Bonchev–Trinajstić information content (AvgIpc) is 3.31. The van der Waals surface area contributed by atoms with Crippen molar-refractivity contribution in [2.45, 2.75) is 32.5 Å². The highest BCUT2D eigenvalue weighted by molar-refractivity contribution is 7.88. The highest BCUT2D eigenvalue weighted by Crippen LogP contribution is 2.35. The maximum Gasteiger partial charge on any atom is 0.259 e. The van der Waals surface area contributed by atoms with E-state index in [0.717, 1.165) is 26.4 Å². The van der Waals surface area contributed by atoms with E-state index < -0.39 is 10.0 Å². The van der Waals surface area contributed by atoms with E-state index in [2.05, 4.69) is 14.9 Å². The molecule has 9 nitrogen and oxygen atoms in total. The molecule has 11 heteroatoms. The molecule has 0 N–H and O–H groups in total. The van der Waals surface area contributed by atoms with Gasteiger partial charge in [-0.25, -0.2) is 8.42 Å². The highest BCUT2D eigenvalue weighted by atomic mass is 32.2. The largest absolute Gasteiger partial charge is 0.483 e. The number of thiophene rings is 1. The Balaban J connectivity index is 1.43. The van der Waals surface area contributed by atoms with E-state index in [1.54, 1.807) is 41.5 Å². The van der Waals surface area contributed by atoms with Crippen LogP contribution in [0.4, 0.5) is 0 Å². The molecule has 0 bridgehead atoms. The molecule has 1 unspecified atom stereocenters. The SMILES string of the molecule is CC(Oc1cncc(-c2cn(C)c(=O)c3cc(CN4CCN(S(C)(=O)=O)C[C@H]4C)sc23)c1)c1ccccn1. The first-order valence-electron chi connectivity index (χ1n) is 12.4. The van der Waals surface area contributed by atoms with Crippen LogP contribution in [0.1, 0.15) is 30.5 Å². The van der Waals surface area contributed by atoms with E-state index in [-0.39, 0.29) is 17.7 Å². The number of fused-ring (bicyclic) bond motifs is 1. The van der Waals surface area contributed by atoms with E-state index in [4.69, 9.17) is 4.74 Å². The van der Waals surface area contributed by atoms with Crippen LogP contribution in [0.15, 0.2) is 59.9 Å². The summed E-state index contributed by atoms with van der Waals surface area (Å²) in [6.07, 6.45) is 8.06. The van der Waals surface area contributed by atoms with Crippen molar-refractivity contribution < 1.29 is 13.2 Å². The minimum Gasteiger partial charge on any atom is -0.483 e. The summed E-state index contributed by atoms with van der Waals surface area (Å²) >= 11 is 1.59. The molecule has 1 aliphatic rings. The Hall–Kier alpha value is -3.12. The number of aromatic nitrogens is 3. The second kappa shape index (κ2) is 10.6. The molecule has 0 aromatic carbocycles. The topological polar surface area (TPSA) is 97.6 Å². The molecule has 4 aromatic rings. The number of pyridine rings is 3. The number of piperazine rings is 1. The molecule has 0 amide bonds.